The lowest BCUT2D eigenvalue weighted by atomic mass is 10.2. The summed E-state index contributed by atoms with van der Waals surface area (Å²) in [4.78, 5) is 8.07. The fourth-order valence-electron chi connectivity index (χ4n) is 1.63. The van der Waals surface area contributed by atoms with Crippen LogP contribution in [-0.4, -0.2) is 17.0 Å². The highest BCUT2D eigenvalue weighted by molar-refractivity contribution is 5.57. The molecule has 98 valence electrons. The fourth-order valence-corrected chi connectivity index (χ4v) is 1.63. The first kappa shape index (κ1) is 12.9. The quantitative estimate of drug-likeness (QED) is 0.879. The van der Waals surface area contributed by atoms with Gasteiger partial charge in [0.15, 0.2) is 0 Å². The van der Waals surface area contributed by atoms with E-state index in [1.807, 2.05) is 43.3 Å². The molecule has 0 aliphatic rings. The molecule has 0 radical (unpaired) electrons. The Bertz CT molecular complexity index is 596. The number of para-hydroxylation sites is 1. The van der Waals surface area contributed by atoms with Crippen LogP contribution in [0.4, 0.5) is 11.8 Å². The minimum absolute atomic E-state index is 0.172. The fraction of sp³-hybridized carbons (Fsp3) is 0.143. The van der Waals surface area contributed by atoms with Gasteiger partial charge in [0, 0.05) is 18.7 Å². The van der Waals surface area contributed by atoms with Gasteiger partial charge in [-0.2, -0.15) is 9.97 Å². The summed E-state index contributed by atoms with van der Waals surface area (Å²) in [5.41, 5.74) is 6.61. The van der Waals surface area contributed by atoms with Crippen molar-refractivity contribution in [2.24, 2.45) is 0 Å². The van der Waals surface area contributed by atoms with Gasteiger partial charge in [0.2, 0.25) is 11.8 Å². The number of allylic oxidation sites excluding steroid dienone is 1. The standard InChI is InChI=1S/C14H16N4O/c1-3-6-10-7-4-5-8-11(10)19-13-9-12(16-2)17-14(15)18-13/h3-9H,1-2H3,(H3,15,16,17,18)/b6-3+. The molecule has 2 rings (SSSR count). The number of aromatic nitrogens is 2. The monoisotopic (exact) mass is 256 g/mol. The number of anilines is 2. The molecular weight excluding hydrogens is 240 g/mol. The van der Waals surface area contributed by atoms with Gasteiger partial charge in [-0.3, -0.25) is 0 Å². The van der Waals surface area contributed by atoms with Gasteiger partial charge in [-0.05, 0) is 13.0 Å². The van der Waals surface area contributed by atoms with E-state index in [0.29, 0.717) is 11.7 Å². The smallest absolute Gasteiger partial charge is 0.226 e. The predicted molar refractivity (Wildman–Crippen MR) is 77.2 cm³/mol. The third kappa shape index (κ3) is 3.22. The van der Waals surface area contributed by atoms with Crippen molar-refractivity contribution in [3.05, 3.63) is 42.0 Å². The third-order valence-corrected chi connectivity index (χ3v) is 2.46. The molecule has 5 nitrogen and oxygen atoms in total. The summed E-state index contributed by atoms with van der Waals surface area (Å²) in [6, 6.07) is 9.41. The van der Waals surface area contributed by atoms with Crippen LogP contribution in [0.5, 0.6) is 11.6 Å². The summed E-state index contributed by atoms with van der Waals surface area (Å²) < 4.78 is 5.76. The average Bonchev–Trinajstić information content (AvgIpc) is 2.40. The summed E-state index contributed by atoms with van der Waals surface area (Å²) in [7, 11) is 1.76. The van der Waals surface area contributed by atoms with Crippen LogP contribution in [0.15, 0.2) is 36.4 Å². The van der Waals surface area contributed by atoms with E-state index in [4.69, 9.17) is 10.5 Å². The molecule has 1 heterocycles. The number of hydrogen-bond donors (Lipinski definition) is 2. The van der Waals surface area contributed by atoms with Gasteiger partial charge < -0.3 is 15.8 Å². The molecule has 0 spiro atoms. The molecule has 0 bridgehead atoms. The molecule has 1 aromatic carbocycles. The maximum absolute atomic E-state index is 5.76. The van der Waals surface area contributed by atoms with E-state index in [0.717, 1.165) is 11.3 Å². The van der Waals surface area contributed by atoms with E-state index in [2.05, 4.69) is 15.3 Å². The molecule has 0 fully saturated rings. The summed E-state index contributed by atoms with van der Waals surface area (Å²) >= 11 is 0. The lowest BCUT2D eigenvalue weighted by Gasteiger charge is -2.09. The van der Waals surface area contributed by atoms with Crippen LogP contribution >= 0.6 is 0 Å². The molecule has 0 atom stereocenters. The summed E-state index contributed by atoms with van der Waals surface area (Å²) in [6.07, 6.45) is 3.93. The van der Waals surface area contributed by atoms with Gasteiger partial charge in [-0.1, -0.05) is 30.4 Å². The van der Waals surface area contributed by atoms with Crippen molar-refractivity contribution in [3.8, 4) is 11.6 Å². The Balaban J connectivity index is 2.33. The number of nitrogens with two attached hydrogens (primary N) is 1. The number of benzene rings is 1. The van der Waals surface area contributed by atoms with Crippen molar-refractivity contribution in [2.45, 2.75) is 6.92 Å². The first-order valence-corrected chi connectivity index (χ1v) is 5.95. The number of rotatable bonds is 4. The molecular formula is C14H16N4O. The number of ether oxygens (including phenoxy) is 1. The second kappa shape index (κ2) is 5.86. The van der Waals surface area contributed by atoms with Crippen LogP contribution < -0.4 is 15.8 Å². The maximum atomic E-state index is 5.76. The third-order valence-electron chi connectivity index (χ3n) is 2.46. The highest BCUT2D eigenvalue weighted by atomic mass is 16.5. The van der Waals surface area contributed by atoms with Crippen molar-refractivity contribution in [1.29, 1.82) is 0 Å². The molecule has 1 aromatic heterocycles. The van der Waals surface area contributed by atoms with Gasteiger partial charge in [0.25, 0.3) is 0 Å². The van der Waals surface area contributed by atoms with E-state index in [9.17, 15) is 0 Å². The lowest BCUT2D eigenvalue weighted by molar-refractivity contribution is 0.462. The summed E-state index contributed by atoms with van der Waals surface area (Å²) in [5.74, 6) is 1.92. The predicted octanol–water partition coefficient (Wildman–Crippen LogP) is 2.93. The lowest BCUT2D eigenvalue weighted by Crippen LogP contribution is -2.01. The molecule has 2 aromatic rings. The van der Waals surface area contributed by atoms with Crippen LogP contribution in [0.3, 0.4) is 0 Å². The van der Waals surface area contributed by atoms with Gasteiger partial charge in [0.05, 0.1) is 0 Å². The van der Waals surface area contributed by atoms with Gasteiger partial charge >= 0.3 is 0 Å². The van der Waals surface area contributed by atoms with Crippen molar-refractivity contribution in [2.75, 3.05) is 18.1 Å². The van der Waals surface area contributed by atoms with Gasteiger partial charge in [0.1, 0.15) is 11.6 Å². The number of nitrogens with one attached hydrogen (secondary N) is 1. The Morgan fingerprint density at radius 1 is 1.26 bits per heavy atom. The van der Waals surface area contributed by atoms with Crippen LogP contribution in [0, 0.1) is 0 Å². The molecule has 0 saturated carbocycles. The van der Waals surface area contributed by atoms with Crippen LogP contribution in [-0.2, 0) is 0 Å². The van der Waals surface area contributed by atoms with Crippen LogP contribution in [0.2, 0.25) is 0 Å². The van der Waals surface area contributed by atoms with Gasteiger partial charge in [-0.15, -0.1) is 0 Å². The Hall–Kier alpha value is -2.56. The Labute approximate surface area is 112 Å². The molecule has 3 N–H and O–H groups in total. The van der Waals surface area contributed by atoms with Crippen LogP contribution in [0.1, 0.15) is 12.5 Å². The molecule has 0 amide bonds. The first-order chi connectivity index (χ1) is 9.22. The van der Waals surface area contributed by atoms with E-state index < -0.39 is 0 Å². The second-order valence-electron chi connectivity index (χ2n) is 3.84. The van der Waals surface area contributed by atoms with E-state index >= 15 is 0 Å². The van der Waals surface area contributed by atoms with Crippen molar-refractivity contribution < 1.29 is 4.74 Å². The Morgan fingerprint density at radius 2 is 2.05 bits per heavy atom. The molecule has 5 heteroatoms. The van der Waals surface area contributed by atoms with Gasteiger partial charge in [-0.25, -0.2) is 0 Å². The molecule has 0 saturated heterocycles. The molecule has 0 unspecified atom stereocenters. The number of hydrogen-bond acceptors (Lipinski definition) is 5. The van der Waals surface area contributed by atoms with Crippen molar-refractivity contribution in [1.82, 2.24) is 9.97 Å². The largest absolute Gasteiger partial charge is 0.438 e. The Morgan fingerprint density at radius 3 is 2.79 bits per heavy atom. The topological polar surface area (TPSA) is 73.1 Å². The molecule has 19 heavy (non-hydrogen) atoms. The van der Waals surface area contributed by atoms with E-state index in [1.165, 1.54) is 0 Å². The minimum Gasteiger partial charge on any atom is -0.438 e. The average molecular weight is 256 g/mol. The molecule has 0 aliphatic heterocycles. The SMILES string of the molecule is C/C=C/c1ccccc1Oc1cc(NC)nc(N)n1. The highest BCUT2D eigenvalue weighted by Crippen LogP contribution is 2.26. The highest BCUT2D eigenvalue weighted by Gasteiger charge is 2.06. The zero-order chi connectivity index (χ0) is 13.7. The van der Waals surface area contributed by atoms with E-state index in [1.54, 1.807) is 13.1 Å². The zero-order valence-electron chi connectivity index (χ0n) is 10.9. The number of nitrogens with zero attached hydrogens (tertiary/aromatic N) is 2. The Kier molecular flexibility index (Phi) is 3.97. The van der Waals surface area contributed by atoms with Crippen molar-refractivity contribution in [3.63, 3.8) is 0 Å². The maximum Gasteiger partial charge on any atom is 0.226 e. The van der Waals surface area contributed by atoms with E-state index in [-0.39, 0.29) is 5.95 Å². The molecule has 0 aliphatic carbocycles. The van der Waals surface area contributed by atoms with Crippen LogP contribution in [0.25, 0.3) is 6.08 Å². The van der Waals surface area contributed by atoms with Crippen molar-refractivity contribution >= 4 is 17.8 Å². The summed E-state index contributed by atoms with van der Waals surface area (Å²) in [6.45, 7) is 1.96. The zero-order valence-corrected chi connectivity index (χ0v) is 10.9. The number of nitrogen functional groups attached to an aromatic ring is 1. The second-order valence-corrected chi connectivity index (χ2v) is 3.84. The summed E-state index contributed by atoms with van der Waals surface area (Å²) in [5, 5.41) is 2.91. The normalized spacial score (nSPS) is 10.6. The first-order valence-electron chi connectivity index (χ1n) is 5.95. The minimum atomic E-state index is 0.172.